The number of hydrogen-bond donors (Lipinski definition) is 0. The number of ether oxygens (including phenoxy) is 5. The summed E-state index contributed by atoms with van der Waals surface area (Å²) in [6.07, 6.45) is -9.85. The number of carbonyl (C=O) groups is 1. The average molecular weight is 304 g/mol. The highest BCUT2D eigenvalue weighted by molar-refractivity contribution is 5.77. The van der Waals surface area contributed by atoms with Gasteiger partial charge < -0.3 is 14.2 Å². The van der Waals surface area contributed by atoms with Gasteiger partial charge in [0.25, 0.3) is 5.79 Å². The number of rotatable bonds is 3. The largest absolute Gasteiger partial charge is 0.456 e. The number of alkyl halides is 4. The van der Waals surface area contributed by atoms with Crippen LogP contribution in [-0.4, -0.2) is 49.6 Å². The molecule has 0 aromatic rings. The van der Waals surface area contributed by atoms with Crippen molar-refractivity contribution in [1.29, 1.82) is 0 Å². The van der Waals surface area contributed by atoms with Crippen molar-refractivity contribution < 1.29 is 46.0 Å². The van der Waals surface area contributed by atoms with Crippen LogP contribution in [0.3, 0.4) is 0 Å². The number of esters is 1. The maximum atomic E-state index is 12.8. The first-order valence-electron chi connectivity index (χ1n) is 5.61. The monoisotopic (exact) mass is 304 g/mol. The van der Waals surface area contributed by atoms with Gasteiger partial charge in [-0.15, -0.1) is 0 Å². The van der Waals surface area contributed by atoms with E-state index in [0.29, 0.717) is 6.92 Å². The summed E-state index contributed by atoms with van der Waals surface area (Å²) in [6.45, 7) is 2.09. The molecule has 0 aromatic heterocycles. The zero-order chi connectivity index (χ0) is 15.2. The lowest BCUT2D eigenvalue weighted by molar-refractivity contribution is -0.344. The molecule has 0 spiro atoms. The van der Waals surface area contributed by atoms with Crippen molar-refractivity contribution in [3.8, 4) is 0 Å². The molecular formula is C10H12F4O6. The molecular weight excluding hydrogens is 292 g/mol. The highest BCUT2D eigenvalue weighted by atomic mass is 19.3. The van der Waals surface area contributed by atoms with E-state index in [-0.39, 0.29) is 13.2 Å². The quantitative estimate of drug-likeness (QED) is 0.577. The van der Waals surface area contributed by atoms with Crippen LogP contribution in [0.5, 0.6) is 0 Å². The summed E-state index contributed by atoms with van der Waals surface area (Å²) in [5.74, 6) is -5.70. The van der Waals surface area contributed by atoms with Crippen LogP contribution >= 0.6 is 0 Å². The fourth-order valence-electron chi connectivity index (χ4n) is 1.68. The molecule has 0 aromatic carbocycles. The molecule has 0 bridgehead atoms. The standard InChI is InChI=1S/C10H12F4O6/c1-7(17-3-4-18-7)5-16-6(15)8(2)19-9(11,12)10(13,14)20-8/h3-5H2,1-2H3. The maximum Gasteiger partial charge on any atom is 0.451 e. The summed E-state index contributed by atoms with van der Waals surface area (Å²) >= 11 is 0. The molecule has 0 unspecified atom stereocenters. The summed E-state index contributed by atoms with van der Waals surface area (Å²) in [5, 5.41) is 0. The zero-order valence-corrected chi connectivity index (χ0v) is 10.6. The maximum absolute atomic E-state index is 12.8. The molecule has 6 nitrogen and oxygen atoms in total. The Morgan fingerprint density at radius 3 is 1.95 bits per heavy atom. The molecule has 10 heteroatoms. The fourth-order valence-corrected chi connectivity index (χ4v) is 1.68. The third-order valence-electron chi connectivity index (χ3n) is 2.72. The van der Waals surface area contributed by atoms with Gasteiger partial charge in [0.15, 0.2) is 5.79 Å². The van der Waals surface area contributed by atoms with E-state index in [0.717, 1.165) is 0 Å². The lowest BCUT2D eigenvalue weighted by Gasteiger charge is -2.25. The second-order valence-electron chi connectivity index (χ2n) is 4.59. The Morgan fingerprint density at radius 2 is 1.50 bits per heavy atom. The summed E-state index contributed by atoms with van der Waals surface area (Å²) < 4.78 is 73.5. The van der Waals surface area contributed by atoms with Gasteiger partial charge in [-0.2, -0.15) is 17.6 Å². The van der Waals surface area contributed by atoms with Gasteiger partial charge in [0.2, 0.25) is 0 Å². The van der Waals surface area contributed by atoms with Crippen LogP contribution in [-0.2, 0) is 28.5 Å². The Hall–Kier alpha value is -0.970. The first-order chi connectivity index (χ1) is 9.00. The Kier molecular flexibility index (Phi) is 3.48. The molecule has 20 heavy (non-hydrogen) atoms. The van der Waals surface area contributed by atoms with Crippen LogP contribution in [0.4, 0.5) is 17.6 Å². The smallest absolute Gasteiger partial charge is 0.451 e. The highest BCUT2D eigenvalue weighted by Crippen LogP contribution is 2.48. The van der Waals surface area contributed by atoms with Crippen molar-refractivity contribution in [2.75, 3.05) is 19.8 Å². The predicted octanol–water partition coefficient (Wildman–Crippen LogP) is 1.24. The van der Waals surface area contributed by atoms with Gasteiger partial charge in [0.05, 0.1) is 13.2 Å². The van der Waals surface area contributed by atoms with Gasteiger partial charge in [-0.05, 0) is 6.92 Å². The molecule has 0 aliphatic carbocycles. The normalized spacial score (nSPS) is 29.3. The Bertz CT molecular complexity index is 391. The van der Waals surface area contributed by atoms with Crippen molar-refractivity contribution >= 4 is 5.97 Å². The molecule has 2 rings (SSSR count). The van der Waals surface area contributed by atoms with Gasteiger partial charge in [0, 0.05) is 6.92 Å². The number of carbonyl (C=O) groups excluding carboxylic acids is 1. The molecule has 2 aliphatic rings. The van der Waals surface area contributed by atoms with Gasteiger partial charge in [-0.3, -0.25) is 9.47 Å². The van der Waals surface area contributed by atoms with E-state index in [1.807, 2.05) is 0 Å². The topological polar surface area (TPSA) is 63.2 Å². The molecule has 2 saturated heterocycles. The molecule has 0 atom stereocenters. The summed E-state index contributed by atoms with van der Waals surface area (Å²) in [7, 11) is 0. The van der Waals surface area contributed by atoms with E-state index in [9.17, 15) is 22.4 Å². The molecule has 116 valence electrons. The molecule has 2 heterocycles. The highest BCUT2D eigenvalue weighted by Gasteiger charge is 2.74. The minimum Gasteiger partial charge on any atom is -0.456 e. The van der Waals surface area contributed by atoms with E-state index in [4.69, 9.17) is 9.47 Å². The Balaban J connectivity index is 1.99. The van der Waals surface area contributed by atoms with Crippen LogP contribution in [0.2, 0.25) is 0 Å². The predicted molar refractivity (Wildman–Crippen MR) is 51.7 cm³/mol. The Labute approximate surface area is 110 Å². The van der Waals surface area contributed by atoms with Crippen molar-refractivity contribution in [3.63, 3.8) is 0 Å². The molecule has 0 amide bonds. The van der Waals surface area contributed by atoms with E-state index in [1.54, 1.807) is 0 Å². The molecule has 2 fully saturated rings. The minimum absolute atomic E-state index is 0.258. The second-order valence-corrected chi connectivity index (χ2v) is 4.59. The van der Waals surface area contributed by atoms with E-state index < -0.39 is 36.4 Å². The van der Waals surface area contributed by atoms with Crippen molar-refractivity contribution in [2.24, 2.45) is 0 Å². The van der Waals surface area contributed by atoms with E-state index >= 15 is 0 Å². The van der Waals surface area contributed by atoms with Crippen LogP contribution in [0.1, 0.15) is 13.8 Å². The van der Waals surface area contributed by atoms with Crippen molar-refractivity contribution in [3.05, 3.63) is 0 Å². The van der Waals surface area contributed by atoms with E-state index in [2.05, 4.69) is 14.2 Å². The zero-order valence-electron chi connectivity index (χ0n) is 10.6. The van der Waals surface area contributed by atoms with Crippen LogP contribution in [0.15, 0.2) is 0 Å². The average Bonchev–Trinajstić information content (AvgIpc) is 2.77. The molecule has 2 aliphatic heterocycles. The van der Waals surface area contributed by atoms with Crippen LogP contribution in [0, 0.1) is 0 Å². The Morgan fingerprint density at radius 1 is 1.05 bits per heavy atom. The van der Waals surface area contributed by atoms with Gasteiger partial charge in [-0.1, -0.05) is 0 Å². The molecule has 0 N–H and O–H groups in total. The first-order valence-corrected chi connectivity index (χ1v) is 5.61. The van der Waals surface area contributed by atoms with Crippen LogP contribution in [0.25, 0.3) is 0 Å². The third kappa shape index (κ3) is 2.60. The van der Waals surface area contributed by atoms with Gasteiger partial charge in [0.1, 0.15) is 6.61 Å². The number of hydrogen-bond acceptors (Lipinski definition) is 6. The lowest BCUT2D eigenvalue weighted by atomic mass is 10.3. The van der Waals surface area contributed by atoms with Crippen LogP contribution < -0.4 is 0 Å². The molecule has 0 radical (unpaired) electrons. The number of halogens is 4. The second kappa shape index (κ2) is 4.52. The first kappa shape index (κ1) is 15.4. The summed E-state index contributed by atoms with van der Waals surface area (Å²) in [5.41, 5.74) is 0. The lowest BCUT2D eigenvalue weighted by Crippen LogP contribution is -2.43. The van der Waals surface area contributed by atoms with Gasteiger partial charge >= 0.3 is 18.2 Å². The van der Waals surface area contributed by atoms with E-state index in [1.165, 1.54) is 6.92 Å². The van der Waals surface area contributed by atoms with Crippen molar-refractivity contribution in [2.45, 2.75) is 37.6 Å². The SMILES string of the molecule is CC1(COC(=O)C2(C)OC(F)(F)C(F)(F)O2)OCCO1. The fraction of sp³-hybridized carbons (Fsp3) is 0.900. The summed E-state index contributed by atoms with van der Waals surface area (Å²) in [4.78, 5) is 11.6. The summed E-state index contributed by atoms with van der Waals surface area (Å²) in [6, 6.07) is 0. The van der Waals surface area contributed by atoms with Gasteiger partial charge in [-0.25, -0.2) is 4.79 Å². The molecule has 0 saturated carbocycles. The van der Waals surface area contributed by atoms with Crippen molar-refractivity contribution in [1.82, 2.24) is 0 Å². The third-order valence-corrected chi connectivity index (χ3v) is 2.72. The minimum atomic E-state index is -4.93.